The van der Waals surface area contributed by atoms with Crippen LogP contribution in [0.3, 0.4) is 0 Å². The number of nitrogens with zero attached hydrogens (tertiary/aromatic N) is 3. The minimum Gasteiger partial charge on any atom is -0.762 e. The van der Waals surface area contributed by atoms with Gasteiger partial charge in [0.15, 0.2) is 5.57 Å². The van der Waals surface area contributed by atoms with E-state index in [4.69, 9.17) is 15.4 Å². The van der Waals surface area contributed by atoms with E-state index in [9.17, 15) is 4.79 Å². The number of ether oxygens (including phenoxy) is 1. The first-order valence-corrected chi connectivity index (χ1v) is 12.1. The molecule has 0 aromatic heterocycles. The van der Waals surface area contributed by atoms with Gasteiger partial charge in [-0.25, -0.2) is 10.7 Å². The van der Waals surface area contributed by atoms with E-state index in [1.54, 1.807) is 11.9 Å². The molecule has 0 spiro atoms. The molecule has 0 aliphatic heterocycles. The minimum absolute atomic E-state index is 0.256. The van der Waals surface area contributed by atoms with Crippen molar-refractivity contribution in [2.45, 2.75) is 103 Å². The minimum atomic E-state index is -0.808. The third-order valence-corrected chi connectivity index (χ3v) is 5.69. The van der Waals surface area contributed by atoms with Crippen LogP contribution >= 0.6 is 0 Å². The molecule has 5 nitrogen and oxygen atoms in total. The van der Waals surface area contributed by atoms with Crippen LogP contribution in [0.1, 0.15) is 103 Å². The highest BCUT2D eigenvalue weighted by Gasteiger charge is 2.15. The van der Waals surface area contributed by atoms with Crippen molar-refractivity contribution in [2.24, 2.45) is 0 Å². The lowest BCUT2D eigenvalue weighted by molar-refractivity contribution is -0.890. The van der Waals surface area contributed by atoms with Crippen molar-refractivity contribution < 1.29 is 14.0 Å². The summed E-state index contributed by atoms with van der Waals surface area (Å²) in [5, 5.41) is 17.2. The van der Waals surface area contributed by atoms with Gasteiger partial charge in [-0.1, -0.05) is 84.0 Å². The Morgan fingerprint density at radius 2 is 1.23 bits per heavy atom. The maximum atomic E-state index is 11.4. The molecule has 172 valence electrons. The number of rotatable bonds is 20. The first-order chi connectivity index (χ1) is 14.5. The summed E-state index contributed by atoms with van der Waals surface area (Å²) in [4.78, 5) is 11.4. The number of nitriles is 1. The lowest BCUT2D eigenvalue weighted by Gasteiger charge is -2.29. The highest BCUT2D eigenvalue weighted by atomic mass is 16.5. The lowest BCUT2D eigenvalue weighted by atomic mass is 10.0. The van der Waals surface area contributed by atoms with Crippen molar-refractivity contribution >= 4 is 11.8 Å². The van der Waals surface area contributed by atoms with E-state index >= 15 is 0 Å². The smallest absolute Gasteiger partial charge is 0.355 e. The van der Waals surface area contributed by atoms with E-state index in [2.05, 4.69) is 21.0 Å². The number of carbonyl (C=O) groups excluding carboxylic acids is 1. The summed E-state index contributed by atoms with van der Waals surface area (Å²) in [5.41, 5.74) is -0.480. The molecule has 0 rings (SSSR count). The Balaban J connectivity index is 3.51. The molecule has 0 aliphatic carbocycles. The zero-order valence-electron chi connectivity index (χ0n) is 19.9. The monoisotopic (exact) mass is 419 g/mol. The molecule has 5 heteroatoms. The summed E-state index contributed by atoms with van der Waals surface area (Å²) in [6.07, 6.45) is 20.0. The third kappa shape index (κ3) is 17.2. The summed E-state index contributed by atoms with van der Waals surface area (Å²) >= 11 is 0. The number of unbranched alkanes of at least 4 members (excludes halogenated alkanes) is 13. The predicted molar refractivity (Wildman–Crippen MR) is 125 cm³/mol. The molecule has 0 fully saturated rings. The predicted octanol–water partition coefficient (Wildman–Crippen LogP) is 6.17. The Hall–Kier alpha value is -1.63. The number of quaternary nitrogens is 1. The van der Waals surface area contributed by atoms with Crippen LogP contribution < -0.4 is 0 Å². The molecule has 0 aromatic carbocycles. The van der Waals surface area contributed by atoms with E-state index in [1.165, 1.54) is 89.9 Å². The molecule has 30 heavy (non-hydrogen) atoms. The average molecular weight is 420 g/mol. The Morgan fingerprint density at radius 3 is 1.67 bits per heavy atom. The van der Waals surface area contributed by atoms with Gasteiger partial charge in [0.05, 0.1) is 33.8 Å². The van der Waals surface area contributed by atoms with Crippen LogP contribution in [0.5, 0.6) is 0 Å². The van der Waals surface area contributed by atoms with Crippen molar-refractivity contribution in [3.63, 3.8) is 0 Å². The molecule has 0 bridgehead atoms. The van der Waals surface area contributed by atoms with Gasteiger partial charge in [-0.3, -0.25) is 0 Å². The van der Waals surface area contributed by atoms with Gasteiger partial charge < -0.3 is 14.6 Å². The van der Waals surface area contributed by atoms with Crippen LogP contribution in [-0.4, -0.2) is 50.1 Å². The summed E-state index contributed by atoms with van der Waals surface area (Å²) in [6.45, 7) is 4.57. The quantitative estimate of drug-likeness (QED) is 0.0592. The van der Waals surface area contributed by atoms with Gasteiger partial charge in [-0.2, -0.15) is 5.26 Å². The molecule has 0 heterocycles. The zero-order valence-corrected chi connectivity index (χ0v) is 19.9. The summed E-state index contributed by atoms with van der Waals surface area (Å²) < 4.78 is 5.88. The molecule has 0 unspecified atom stereocenters. The number of hydrogen-bond donors (Lipinski definition) is 0. The Labute approximate surface area is 185 Å². The molecule has 0 saturated heterocycles. The van der Waals surface area contributed by atoms with Crippen LogP contribution in [0, 0.1) is 11.3 Å². The Bertz CT molecular complexity index is 531. The topological polar surface area (TPSA) is 72.4 Å². The summed E-state index contributed by atoms with van der Waals surface area (Å²) in [6, 6.07) is 1.56. The summed E-state index contributed by atoms with van der Waals surface area (Å²) in [5.74, 6) is 0.747. The summed E-state index contributed by atoms with van der Waals surface area (Å²) in [7, 11) is 4.40. The fraction of sp³-hybridized carbons (Fsp3) is 0.840. The second-order valence-corrected chi connectivity index (χ2v) is 9.07. The first kappa shape index (κ1) is 28.4. The second kappa shape index (κ2) is 19.3. The van der Waals surface area contributed by atoms with Gasteiger partial charge >= 0.3 is 5.97 Å². The van der Waals surface area contributed by atoms with Gasteiger partial charge in [-0.15, -0.1) is 0 Å². The highest BCUT2D eigenvalue weighted by molar-refractivity contribution is 6.02. The van der Waals surface area contributed by atoms with Crippen molar-refractivity contribution in [1.29, 1.82) is 5.26 Å². The maximum Gasteiger partial charge on any atom is 0.355 e. The van der Waals surface area contributed by atoms with Crippen molar-refractivity contribution in [1.82, 2.24) is 0 Å². The Kier molecular flexibility index (Phi) is 18.3. The number of hydrogen-bond acceptors (Lipinski definition) is 3. The average Bonchev–Trinajstić information content (AvgIpc) is 2.72. The van der Waals surface area contributed by atoms with E-state index in [-0.39, 0.29) is 6.61 Å². The largest absolute Gasteiger partial charge is 0.762 e. The van der Waals surface area contributed by atoms with Crippen molar-refractivity contribution in [3.8, 4) is 6.07 Å². The van der Waals surface area contributed by atoms with Crippen LogP contribution in [-0.2, 0) is 9.53 Å². The fourth-order valence-electron chi connectivity index (χ4n) is 3.69. The van der Waals surface area contributed by atoms with E-state index < -0.39 is 11.5 Å². The van der Waals surface area contributed by atoms with Gasteiger partial charge in [0.25, 0.3) is 0 Å². The van der Waals surface area contributed by atoms with Gasteiger partial charge in [-0.05, 0) is 12.8 Å². The molecule has 0 aliphatic rings. The maximum absolute atomic E-state index is 11.4. The van der Waals surface area contributed by atoms with E-state index in [1.807, 2.05) is 0 Å². The van der Waals surface area contributed by atoms with Crippen molar-refractivity contribution in [3.05, 3.63) is 11.0 Å². The first-order valence-electron chi connectivity index (χ1n) is 12.1. The second-order valence-electron chi connectivity index (χ2n) is 9.07. The lowest BCUT2D eigenvalue weighted by Crippen LogP contribution is -2.41. The van der Waals surface area contributed by atoms with E-state index in [0.717, 1.165) is 24.0 Å². The number of carbonyl (C=O) groups is 1. The molecule has 0 atom stereocenters. The molecular weight excluding hydrogens is 374 g/mol. The van der Waals surface area contributed by atoms with E-state index in [0.29, 0.717) is 0 Å². The fourth-order valence-corrected chi connectivity index (χ4v) is 3.69. The third-order valence-electron chi connectivity index (χ3n) is 5.69. The molecule has 0 saturated carbocycles. The normalized spacial score (nSPS) is 11.0. The standard InChI is InChI=1S/C25H45N3O2/c1-4-5-6-7-8-9-10-11-12-13-14-15-16-17-19-28(2,3)20-18-21-30-25(29)24(22-26)23-27/h4-21H2,1-3H3. The van der Waals surface area contributed by atoms with Crippen LogP contribution in [0.25, 0.3) is 5.41 Å². The van der Waals surface area contributed by atoms with Crippen molar-refractivity contribution in [2.75, 3.05) is 33.8 Å². The molecule has 0 N–H and O–H groups in total. The molecule has 0 amide bonds. The SMILES string of the molecule is CCCCCCCCCCCCCCCC[N+](C)(C)CCCOC(=O)C(=C=[N-])C#N. The molecule has 0 aromatic rings. The van der Waals surface area contributed by atoms with Gasteiger partial charge in [0.2, 0.25) is 0 Å². The molecule has 0 radical (unpaired) electrons. The van der Waals surface area contributed by atoms with Crippen LogP contribution in [0.15, 0.2) is 5.57 Å². The molecular formula is C25H45N3O2. The van der Waals surface area contributed by atoms with Gasteiger partial charge in [0.1, 0.15) is 6.07 Å². The van der Waals surface area contributed by atoms with Crippen LogP contribution in [0.2, 0.25) is 0 Å². The Morgan fingerprint density at radius 1 is 0.800 bits per heavy atom. The zero-order chi connectivity index (χ0) is 22.5. The highest BCUT2D eigenvalue weighted by Crippen LogP contribution is 2.13. The van der Waals surface area contributed by atoms with Crippen LogP contribution in [0.4, 0.5) is 0 Å². The van der Waals surface area contributed by atoms with Gasteiger partial charge in [0, 0.05) is 6.42 Å². The number of esters is 1.